The van der Waals surface area contributed by atoms with E-state index in [1.807, 2.05) is 12.1 Å². The first-order chi connectivity index (χ1) is 12.7. The van der Waals surface area contributed by atoms with E-state index in [2.05, 4.69) is 27.7 Å². The van der Waals surface area contributed by atoms with Crippen LogP contribution in [0.1, 0.15) is 30.7 Å². The van der Waals surface area contributed by atoms with Crippen LogP contribution in [-0.2, 0) is 13.0 Å². The Morgan fingerprint density at radius 2 is 1.81 bits per heavy atom. The first-order valence-electron chi connectivity index (χ1n) is 9.69. The van der Waals surface area contributed by atoms with Crippen molar-refractivity contribution in [2.24, 2.45) is 0 Å². The molecule has 3 nitrogen and oxygen atoms in total. The topological polar surface area (TPSA) is 21.1 Å². The van der Waals surface area contributed by atoms with Gasteiger partial charge in [-0.05, 0) is 54.7 Å². The van der Waals surface area contributed by atoms with E-state index in [4.69, 9.17) is 4.98 Å². The molecule has 26 heavy (non-hydrogen) atoms. The van der Waals surface area contributed by atoms with Gasteiger partial charge in [-0.2, -0.15) is 0 Å². The van der Waals surface area contributed by atoms with Gasteiger partial charge in [-0.1, -0.05) is 24.6 Å². The van der Waals surface area contributed by atoms with Gasteiger partial charge in [0, 0.05) is 32.1 Å². The molecule has 0 N–H and O–H groups in total. The third kappa shape index (κ3) is 2.64. The van der Waals surface area contributed by atoms with Crippen LogP contribution in [0.5, 0.6) is 0 Å². The Hall–Kier alpha value is -2.20. The summed E-state index contributed by atoms with van der Waals surface area (Å²) >= 11 is 0. The van der Waals surface area contributed by atoms with Gasteiger partial charge in [0.05, 0.1) is 11.0 Å². The predicted molar refractivity (Wildman–Crippen MR) is 103 cm³/mol. The molecule has 0 atom stereocenters. The molecule has 0 bridgehead atoms. The number of imidazole rings is 1. The molecule has 3 aromatic rings. The zero-order valence-electron chi connectivity index (χ0n) is 15.2. The van der Waals surface area contributed by atoms with Gasteiger partial charge in [0.15, 0.2) is 0 Å². The summed E-state index contributed by atoms with van der Waals surface area (Å²) in [4.78, 5) is 7.52. The van der Waals surface area contributed by atoms with Crippen molar-refractivity contribution in [1.29, 1.82) is 0 Å². The average Bonchev–Trinajstić information content (AvgIpc) is 2.82. The molecular weight excluding hydrogens is 325 g/mol. The number of halogens is 1. The van der Waals surface area contributed by atoms with Crippen LogP contribution in [0.4, 0.5) is 4.39 Å². The lowest BCUT2D eigenvalue weighted by Crippen LogP contribution is -2.41. The maximum atomic E-state index is 14.0. The Kier molecular flexibility index (Phi) is 3.82. The lowest BCUT2D eigenvalue weighted by Gasteiger charge is -2.36. The molecule has 1 fully saturated rings. The fourth-order valence-corrected chi connectivity index (χ4v) is 4.27. The number of nitrogens with zero attached hydrogens (tertiary/aromatic N) is 3. The molecule has 1 aliphatic heterocycles. The summed E-state index contributed by atoms with van der Waals surface area (Å²) in [5, 5.41) is 0. The number of fused-ring (bicyclic) bond motifs is 3. The zero-order chi connectivity index (χ0) is 17.7. The van der Waals surface area contributed by atoms with E-state index >= 15 is 0 Å². The van der Waals surface area contributed by atoms with Gasteiger partial charge in [0.25, 0.3) is 0 Å². The Morgan fingerprint density at radius 3 is 2.58 bits per heavy atom. The molecule has 0 unspecified atom stereocenters. The van der Waals surface area contributed by atoms with E-state index in [9.17, 15) is 4.39 Å². The van der Waals surface area contributed by atoms with Crippen molar-refractivity contribution in [3.05, 3.63) is 53.6 Å². The van der Waals surface area contributed by atoms with Crippen molar-refractivity contribution in [2.45, 2.75) is 45.2 Å². The Morgan fingerprint density at radius 1 is 1.00 bits per heavy atom. The minimum absolute atomic E-state index is 0.147. The molecule has 134 valence electrons. The molecule has 0 saturated heterocycles. The zero-order valence-corrected chi connectivity index (χ0v) is 15.2. The van der Waals surface area contributed by atoms with Crippen LogP contribution in [-0.4, -0.2) is 33.6 Å². The van der Waals surface area contributed by atoms with Gasteiger partial charge in [0.2, 0.25) is 0 Å². The summed E-state index contributed by atoms with van der Waals surface area (Å²) in [6.07, 6.45) is 5.10. The average molecular weight is 349 g/mol. The monoisotopic (exact) mass is 349 g/mol. The van der Waals surface area contributed by atoms with E-state index in [-0.39, 0.29) is 5.82 Å². The fourth-order valence-electron chi connectivity index (χ4n) is 4.27. The van der Waals surface area contributed by atoms with Crippen molar-refractivity contribution in [2.75, 3.05) is 13.1 Å². The minimum Gasteiger partial charge on any atom is -0.327 e. The van der Waals surface area contributed by atoms with E-state index < -0.39 is 0 Å². The molecule has 1 saturated carbocycles. The third-order valence-corrected chi connectivity index (χ3v) is 6.16. The molecule has 2 aliphatic rings. The summed E-state index contributed by atoms with van der Waals surface area (Å²) < 4.78 is 16.4. The number of rotatable bonds is 2. The van der Waals surface area contributed by atoms with Crippen molar-refractivity contribution >= 4 is 11.0 Å². The van der Waals surface area contributed by atoms with Crippen LogP contribution in [0.3, 0.4) is 0 Å². The maximum Gasteiger partial charge on any atom is 0.126 e. The highest BCUT2D eigenvalue weighted by molar-refractivity contribution is 5.82. The van der Waals surface area contributed by atoms with Crippen LogP contribution in [0.15, 0.2) is 36.4 Å². The van der Waals surface area contributed by atoms with Gasteiger partial charge in [-0.25, -0.2) is 9.37 Å². The summed E-state index contributed by atoms with van der Waals surface area (Å²) in [6, 6.07) is 12.6. The quantitative estimate of drug-likeness (QED) is 0.676. The lowest BCUT2D eigenvalue weighted by atomic mass is 9.91. The van der Waals surface area contributed by atoms with Crippen molar-refractivity contribution in [3.63, 3.8) is 0 Å². The number of aromatic nitrogens is 2. The highest BCUT2D eigenvalue weighted by Gasteiger charge is 2.27. The number of benzene rings is 2. The molecule has 2 aromatic carbocycles. The molecule has 1 aliphatic carbocycles. The smallest absolute Gasteiger partial charge is 0.126 e. The SMILES string of the molecule is Cc1ccc(-c2ccc3nc4n(c3c2)CCN(C2CCC2)CC4)cc1F. The molecule has 5 rings (SSSR count). The van der Waals surface area contributed by atoms with Crippen LogP contribution in [0.2, 0.25) is 0 Å². The summed E-state index contributed by atoms with van der Waals surface area (Å²) in [5.74, 6) is 1.04. The van der Waals surface area contributed by atoms with Crippen LogP contribution < -0.4 is 0 Å². The first-order valence-corrected chi connectivity index (χ1v) is 9.69. The largest absolute Gasteiger partial charge is 0.327 e. The second-order valence-electron chi connectivity index (χ2n) is 7.72. The predicted octanol–water partition coefficient (Wildman–Crippen LogP) is 4.56. The Labute approximate surface area is 153 Å². The molecule has 4 heteroatoms. The second kappa shape index (κ2) is 6.20. The van der Waals surface area contributed by atoms with Crippen molar-refractivity contribution in [3.8, 4) is 11.1 Å². The van der Waals surface area contributed by atoms with E-state index in [1.54, 1.807) is 13.0 Å². The highest BCUT2D eigenvalue weighted by Crippen LogP contribution is 2.29. The van der Waals surface area contributed by atoms with Gasteiger partial charge in [-0.3, -0.25) is 4.90 Å². The molecule has 0 spiro atoms. The Bertz CT molecular complexity index is 971. The van der Waals surface area contributed by atoms with Crippen molar-refractivity contribution < 1.29 is 4.39 Å². The summed E-state index contributed by atoms with van der Waals surface area (Å²) in [5.41, 5.74) is 4.89. The molecule has 1 aromatic heterocycles. The first kappa shape index (κ1) is 16.0. The summed E-state index contributed by atoms with van der Waals surface area (Å²) in [7, 11) is 0. The van der Waals surface area contributed by atoms with E-state index in [1.165, 1.54) is 30.6 Å². The molecule has 0 radical (unpaired) electrons. The second-order valence-corrected chi connectivity index (χ2v) is 7.72. The van der Waals surface area contributed by atoms with Crippen LogP contribution in [0, 0.1) is 12.7 Å². The van der Waals surface area contributed by atoms with Crippen LogP contribution in [0.25, 0.3) is 22.2 Å². The highest BCUT2D eigenvalue weighted by atomic mass is 19.1. The lowest BCUT2D eigenvalue weighted by molar-refractivity contribution is 0.130. The van der Waals surface area contributed by atoms with Gasteiger partial charge < -0.3 is 4.57 Å². The molecular formula is C22H24FN3. The summed E-state index contributed by atoms with van der Waals surface area (Å²) in [6.45, 7) is 5.01. The molecule has 0 amide bonds. The van der Waals surface area contributed by atoms with E-state index in [0.717, 1.165) is 48.7 Å². The number of hydrogen-bond acceptors (Lipinski definition) is 2. The minimum atomic E-state index is -0.147. The fraction of sp³-hybridized carbons (Fsp3) is 0.409. The van der Waals surface area contributed by atoms with Crippen molar-refractivity contribution in [1.82, 2.24) is 14.5 Å². The van der Waals surface area contributed by atoms with Gasteiger partial charge in [0.1, 0.15) is 11.6 Å². The third-order valence-electron chi connectivity index (χ3n) is 6.16. The number of hydrogen-bond donors (Lipinski definition) is 0. The standard InChI is InChI=1S/C22H24FN3/c1-15-5-6-16(13-19(15)23)17-7-8-20-21(14-17)26-12-11-25(18-3-2-4-18)10-9-22(26)24-20/h5-8,13-14,18H,2-4,9-12H2,1H3. The van der Waals surface area contributed by atoms with Gasteiger partial charge >= 0.3 is 0 Å². The Balaban J connectivity index is 1.51. The van der Waals surface area contributed by atoms with Crippen LogP contribution >= 0.6 is 0 Å². The molecule has 2 heterocycles. The number of aryl methyl sites for hydroxylation is 1. The normalized spacial score (nSPS) is 18.5. The van der Waals surface area contributed by atoms with Gasteiger partial charge in [-0.15, -0.1) is 0 Å². The maximum absolute atomic E-state index is 14.0. The van der Waals surface area contributed by atoms with E-state index in [0.29, 0.717) is 5.56 Å².